The van der Waals surface area contributed by atoms with Crippen LogP contribution in [0.3, 0.4) is 0 Å². The summed E-state index contributed by atoms with van der Waals surface area (Å²) in [5.74, 6) is -0.156. The first-order valence-electron chi connectivity index (χ1n) is 7.21. The van der Waals surface area contributed by atoms with Crippen LogP contribution < -0.4 is 4.74 Å². The van der Waals surface area contributed by atoms with Crippen molar-refractivity contribution in [1.29, 1.82) is 0 Å². The molecule has 2 rings (SSSR count). The first-order chi connectivity index (χ1) is 11.0. The van der Waals surface area contributed by atoms with Crippen molar-refractivity contribution in [1.82, 2.24) is 4.90 Å². The van der Waals surface area contributed by atoms with Gasteiger partial charge in [-0.3, -0.25) is 4.90 Å². The Bertz CT molecular complexity index is 615. The van der Waals surface area contributed by atoms with E-state index in [4.69, 9.17) is 9.47 Å². The molecule has 7 nitrogen and oxygen atoms in total. The van der Waals surface area contributed by atoms with Crippen molar-refractivity contribution in [2.24, 2.45) is 0 Å². The molecule has 0 bridgehead atoms. The Morgan fingerprint density at radius 3 is 2.78 bits per heavy atom. The highest BCUT2D eigenvalue weighted by atomic mass is 16.5. The molecule has 1 aliphatic heterocycles. The molecule has 2 N–H and O–H groups in total. The molecule has 23 heavy (non-hydrogen) atoms. The van der Waals surface area contributed by atoms with Gasteiger partial charge in [-0.1, -0.05) is 18.7 Å². The minimum atomic E-state index is -1.29. The van der Waals surface area contributed by atoms with E-state index >= 15 is 0 Å². The van der Waals surface area contributed by atoms with Gasteiger partial charge in [0.15, 0.2) is 6.04 Å². The number of carbonyl (C=O) groups is 2. The maximum absolute atomic E-state index is 12.2. The van der Waals surface area contributed by atoms with E-state index in [0.717, 1.165) is 4.90 Å². The number of ether oxygens (including phenoxy) is 2. The Balaban J connectivity index is 2.43. The minimum absolute atomic E-state index is 0.140. The van der Waals surface area contributed by atoms with Crippen molar-refractivity contribution in [3.8, 4) is 5.75 Å². The van der Waals surface area contributed by atoms with Crippen LogP contribution in [0.5, 0.6) is 5.75 Å². The molecule has 0 saturated carbocycles. The summed E-state index contributed by atoms with van der Waals surface area (Å²) in [6, 6.07) is 3.70. The summed E-state index contributed by atoms with van der Waals surface area (Å²) in [6.45, 7) is 5.43. The van der Waals surface area contributed by atoms with Gasteiger partial charge in [0, 0.05) is 0 Å². The monoisotopic (exact) mass is 321 g/mol. The predicted octanol–water partition coefficient (Wildman–Crippen LogP) is 1.88. The Morgan fingerprint density at radius 2 is 2.17 bits per heavy atom. The van der Waals surface area contributed by atoms with Gasteiger partial charge in [0.05, 0.1) is 19.3 Å². The lowest BCUT2D eigenvalue weighted by Crippen LogP contribution is -2.45. The van der Waals surface area contributed by atoms with Crippen molar-refractivity contribution in [3.63, 3.8) is 0 Å². The molecule has 0 saturated heterocycles. The molecule has 124 valence electrons. The molecule has 0 fully saturated rings. The second-order valence-electron chi connectivity index (χ2n) is 5.00. The van der Waals surface area contributed by atoms with Gasteiger partial charge in [0.2, 0.25) is 0 Å². The fraction of sp³-hybridized carbons (Fsp3) is 0.375. The van der Waals surface area contributed by atoms with E-state index in [9.17, 15) is 19.8 Å². The van der Waals surface area contributed by atoms with Gasteiger partial charge in [0.25, 0.3) is 0 Å². The summed E-state index contributed by atoms with van der Waals surface area (Å²) in [5, 5.41) is 19.5. The molecule has 1 aliphatic rings. The molecule has 0 spiro atoms. The summed E-state index contributed by atoms with van der Waals surface area (Å²) in [4.78, 5) is 24.5. The van der Waals surface area contributed by atoms with Gasteiger partial charge in [-0.15, -0.1) is 0 Å². The summed E-state index contributed by atoms with van der Waals surface area (Å²) >= 11 is 0. The third-order valence-corrected chi connectivity index (χ3v) is 3.52. The third-order valence-electron chi connectivity index (χ3n) is 3.52. The first kappa shape index (κ1) is 16.8. The predicted molar refractivity (Wildman–Crippen MR) is 81.2 cm³/mol. The van der Waals surface area contributed by atoms with E-state index in [0.29, 0.717) is 23.5 Å². The minimum Gasteiger partial charge on any atom is -0.490 e. The van der Waals surface area contributed by atoms with Gasteiger partial charge in [-0.2, -0.15) is 0 Å². The molecular weight excluding hydrogens is 302 g/mol. The molecule has 1 heterocycles. The summed E-state index contributed by atoms with van der Waals surface area (Å²) in [7, 11) is 0. The zero-order valence-corrected chi connectivity index (χ0v) is 12.8. The number of β-amino-alcohol motifs (C(OH)–C–C–N with tert-alkyl or cyclic N) is 1. The van der Waals surface area contributed by atoms with E-state index in [-0.39, 0.29) is 13.2 Å². The normalized spacial score (nSPS) is 19.7. The molecule has 1 amide bonds. The van der Waals surface area contributed by atoms with Crippen LogP contribution in [-0.4, -0.2) is 46.9 Å². The molecule has 1 aromatic rings. The number of hydrogen-bond acceptors (Lipinski definition) is 5. The number of aliphatic hydroxyl groups is 1. The second kappa shape index (κ2) is 7.15. The molecular formula is C16H19NO6. The Labute approximate surface area is 133 Å². The van der Waals surface area contributed by atoms with Crippen LogP contribution in [0.15, 0.2) is 30.9 Å². The van der Waals surface area contributed by atoms with E-state index in [2.05, 4.69) is 6.58 Å². The lowest BCUT2D eigenvalue weighted by molar-refractivity contribution is -0.150. The fourth-order valence-electron chi connectivity index (χ4n) is 2.56. The number of amides is 1. The van der Waals surface area contributed by atoms with Gasteiger partial charge < -0.3 is 19.7 Å². The number of rotatable bonds is 5. The molecule has 1 aromatic carbocycles. The number of carbonyl (C=O) groups excluding carboxylic acids is 1. The molecule has 2 unspecified atom stereocenters. The highest BCUT2D eigenvalue weighted by Crippen LogP contribution is 2.37. The highest BCUT2D eigenvalue weighted by molar-refractivity contribution is 5.83. The third kappa shape index (κ3) is 3.45. The lowest BCUT2D eigenvalue weighted by Gasteiger charge is -2.36. The number of aliphatic hydroxyl groups excluding tert-OH is 1. The Kier molecular flexibility index (Phi) is 5.23. The number of carboxylic acid groups (broad SMARTS) is 1. The number of fused-ring (bicyclic) bond motifs is 1. The fourth-order valence-corrected chi connectivity index (χ4v) is 2.56. The van der Waals surface area contributed by atoms with Crippen molar-refractivity contribution in [2.75, 3.05) is 19.8 Å². The van der Waals surface area contributed by atoms with Crippen molar-refractivity contribution in [2.45, 2.75) is 19.1 Å². The van der Waals surface area contributed by atoms with E-state index < -0.39 is 24.2 Å². The summed E-state index contributed by atoms with van der Waals surface area (Å²) in [6.07, 6.45) is -0.748. The van der Waals surface area contributed by atoms with E-state index in [1.165, 1.54) is 0 Å². The van der Waals surface area contributed by atoms with Gasteiger partial charge in [-0.05, 0) is 30.2 Å². The van der Waals surface area contributed by atoms with E-state index in [1.54, 1.807) is 31.2 Å². The highest BCUT2D eigenvalue weighted by Gasteiger charge is 2.40. The molecule has 0 aromatic heterocycles. The number of benzene rings is 1. The van der Waals surface area contributed by atoms with Gasteiger partial charge in [-0.25, -0.2) is 9.59 Å². The van der Waals surface area contributed by atoms with Crippen LogP contribution in [0.25, 0.3) is 0 Å². The smallest absolute Gasteiger partial charge is 0.408 e. The Hall–Kier alpha value is -2.54. The number of esters is 1. The van der Waals surface area contributed by atoms with E-state index in [1.807, 2.05) is 0 Å². The second-order valence-corrected chi connectivity index (χ2v) is 5.00. The van der Waals surface area contributed by atoms with Crippen LogP contribution in [0.1, 0.15) is 30.2 Å². The summed E-state index contributed by atoms with van der Waals surface area (Å²) in [5.41, 5.74) is 0.859. The van der Waals surface area contributed by atoms with Gasteiger partial charge >= 0.3 is 12.1 Å². The maximum atomic E-state index is 12.2. The van der Waals surface area contributed by atoms with Crippen LogP contribution in [0.4, 0.5) is 4.79 Å². The van der Waals surface area contributed by atoms with Crippen molar-refractivity contribution >= 4 is 12.1 Å². The maximum Gasteiger partial charge on any atom is 0.408 e. The first-order valence-corrected chi connectivity index (χ1v) is 7.21. The van der Waals surface area contributed by atoms with Crippen LogP contribution in [-0.2, 0) is 9.53 Å². The lowest BCUT2D eigenvalue weighted by atomic mass is 9.90. The average Bonchev–Trinajstić information content (AvgIpc) is 2.52. The van der Waals surface area contributed by atoms with Crippen LogP contribution >= 0.6 is 0 Å². The van der Waals surface area contributed by atoms with Crippen LogP contribution in [0, 0.1) is 0 Å². The quantitative estimate of drug-likeness (QED) is 0.635. The molecule has 0 radical (unpaired) electrons. The zero-order valence-electron chi connectivity index (χ0n) is 12.8. The van der Waals surface area contributed by atoms with Crippen molar-refractivity contribution in [3.05, 3.63) is 42.0 Å². The number of nitrogens with zero attached hydrogens (tertiary/aromatic N) is 1. The largest absolute Gasteiger partial charge is 0.490 e. The summed E-state index contributed by atoms with van der Waals surface area (Å²) < 4.78 is 10.4. The zero-order chi connectivity index (χ0) is 17.0. The topological polar surface area (TPSA) is 96.3 Å². The van der Waals surface area contributed by atoms with Gasteiger partial charge in [0.1, 0.15) is 12.4 Å². The standard InChI is InChI=1S/C16H19NO6/c1-3-7-23-10-5-6-11-12(8-10)13(18)9-17(16(20)21)14(11)15(19)22-4-2/h3,5-6,8,13-14,18H,1,4,7,9H2,2H3,(H,20,21). The Morgan fingerprint density at radius 1 is 1.43 bits per heavy atom. The average molecular weight is 321 g/mol. The molecule has 7 heteroatoms. The molecule has 2 atom stereocenters. The number of hydrogen-bond donors (Lipinski definition) is 2. The van der Waals surface area contributed by atoms with Crippen LogP contribution in [0.2, 0.25) is 0 Å². The SMILES string of the molecule is C=CCOc1ccc2c(c1)C(O)CN(C(=O)O)C2C(=O)OCC. The molecule has 0 aliphatic carbocycles. The van der Waals surface area contributed by atoms with Crippen molar-refractivity contribution < 1.29 is 29.3 Å².